The molecule has 0 saturated carbocycles. The number of rotatable bonds is 2. The largest absolute Gasteiger partial charge is 0.355 e. The molecule has 4 nitrogen and oxygen atoms in total. The van der Waals surface area contributed by atoms with Crippen molar-refractivity contribution in [2.75, 3.05) is 18.0 Å². The fraction of sp³-hybridized carbons (Fsp3) is 0.385. The molecule has 1 N–H and O–H groups in total. The molecule has 5 heteroatoms. The molecule has 96 valence electrons. The number of carbonyl (C=O) groups excluding carboxylic acids is 2. The van der Waals surface area contributed by atoms with E-state index >= 15 is 0 Å². The standard InChI is InChI=1S/C13H15BrN2O2/c1-13(2)12(18)15-5-6-16(13)11-4-3-10(14)7-9(11)8-17/h3-4,7-8H,5-6H2,1-2H3,(H,15,18). The first-order valence-corrected chi connectivity index (χ1v) is 6.57. The lowest BCUT2D eigenvalue weighted by Gasteiger charge is -2.43. The van der Waals surface area contributed by atoms with Crippen LogP contribution in [0.25, 0.3) is 0 Å². The summed E-state index contributed by atoms with van der Waals surface area (Å²) in [6, 6.07) is 5.52. The van der Waals surface area contributed by atoms with Crippen LogP contribution in [0.2, 0.25) is 0 Å². The second kappa shape index (κ2) is 4.72. The van der Waals surface area contributed by atoms with E-state index in [1.165, 1.54) is 0 Å². The van der Waals surface area contributed by atoms with Crippen molar-refractivity contribution in [3.05, 3.63) is 28.2 Å². The smallest absolute Gasteiger partial charge is 0.245 e. The molecule has 1 aliphatic heterocycles. The van der Waals surface area contributed by atoms with Crippen molar-refractivity contribution in [3.8, 4) is 0 Å². The maximum atomic E-state index is 11.9. The van der Waals surface area contributed by atoms with Crippen molar-refractivity contribution in [2.45, 2.75) is 19.4 Å². The van der Waals surface area contributed by atoms with Gasteiger partial charge in [-0.15, -0.1) is 0 Å². The first-order valence-electron chi connectivity index (χ1n) is 5.77. The second-order valence-corrected chi connectivity index (χ2v) is 5.70. The molecule has 1 saturated heterocycles. The lowest BCUT2D eigenvalue weighted by atomic mass is 9.97. The zero-order chi connectivity index (χ0) is 13.3. The molecule has 0 radical (unpaired) electrons. The van der Waals surface area contributed by atoms with Crippen LogP contribution in [0, 0.1) is 0 Å². The van der Waals surface area contributed by atoms with Gasteiger partial charge >= 0.3 is 0 Å². The van der Waals surface area contributed by atoms with E-state index in [0.717, 1.165) is 16.4 Å². The number of nitrogens with one attached hydrogen (secondary N) is 1. The monoisotopic (exact) mass is 310 g/mol. The summed E-state index contributed by atoms with van der Waals surface area (Å²) in [4.78, 5) is 25.1. The number of piperazine rings is 1. The SMILES string of the molecule is CC1(C)C(=O)NCCN1c1ccc(Br)cc1C=O. The molecule has 1 fully saturated rings. The average molecular weight is 311 g/mol. The number of hydrogen-bond acceptors (Lipinski definition) is 3. The number of aldehydes is 1. The van der Waals surface area contributed by atoms with Gasteiger partial charge in [-0.25, -0.2) is 0 Å². The molecule has 0 aliphatic carbocycles. The third-order valence-corrected chi connectivity index (χ3v) is 3.75. The van der Waals surface area contributed by atoms with Crippen LogP contribution in [-0.4, -0.2) is 30.8 Å². The first-order chi connectivity index (χ1) is 8.46. The molecule has 1 heterocycles. The van der Waals surface area contributed by atoms with E-state index in [-0.39, 0.29) is 5.91 Å². The highest BCUT2D eigenvalue weighted by molar-refractivity contribution is 9.10. The van der Waals surface area contributed by atoms with Gasteiger partial charge in [-0.1, -0.05) is 15.9 Å². The molecule has 1 aliphatic rings. The summed E-state index contributed by atoms with van der Waals surface area (Å²) in [5.41, 5.74) is 0.740. The van der Waals surface area contributed by atoms with E-state index in [9.17, 15) is 9.59 Å². The maximum absolute atomic E-state index is 11.9. The van der Waals surface area contributed by atoms with Crippen LogP contribution in [0.5, 0.6) is 0 Å². The van der Waals surface area contributed by atoms with E-state index in [1.807, 2.05) is 30.9 Å². The third-order valence-electron chi connectivity index (χ3n) is 3.26. The Balaban J connectivity index is 2.47. The van der Waals surface area contributed by atoms with E-state index in [1.54, 1.807) is 6.07 Å². The molecule has 2 rings (SSSR count). The highest BCUT2D eigenvalue weighted by Crippen LogP contribution is 2.30. The minimum atomic E-state index is -0.649. The van der Waals surface area contributed by atoms with Crippen molar-refractivity contribution in [3.63, 3.8) is 0 Å². The number of benzene rings is 1. The highest BCUT2D eigenvalue weighted by atomic mass is 79.9. The summed E-state index contributed by atoms with van der Waals surface area (Å²) in [6.07, 6.45) is 0.822. The van der Waals surface area contributed by atoms with Crippen molar-refractivity contribution >= 4 is 33.8 Å². The van der Waals surface area contributed by atoms with E-state index in [0.29, 0.717) is 18.7 Å². The topological polar surface area (TPSA) is 49.4 Å². The van der Waals surface area contributed by atoms with Gasteiger partial charge in [0, 0.05) is 28.8 Å². The molecule has 18 heavy (non-hydrogen) atoms. The zero-order valence-corrected chi connectivity index (χ0v) is 12.0. The predicted molar refractivity (Wildman–Crippen MR) is 74.0 cm³/mol. The number of nitrogens with zero attached hydrogens (tertiary/aromatic N) is 1. The van der Waals surface area contributed by atoms with Gasteiger partial charge in [0.1, 0.15) is 5.54 Å². The van der Waals surface area contributed by atoms with Crippen LogP contribution in [-0.2, 0) is 4.79 Å². The van der Waals surface area contributed by atoms with Crippen LogP contribution < -0.4 is 10.2 Å². The molecule has 0 spiro atoms. The Morgan fingerprint density at radius 2 is 2.17 bits per heavy atom. The van der Waals surface area contributed by atoms with Gasteiger partial charge in [0.2, 0.25) is 5.91 Å². The third kappa shape index (κ3) is 2.14. The van der Waals surface area contributed by atoms with Crippen LogP contribution in [0.1, 0.15) is 24.2 Å². The van der Waals surface area contributed by atoms with Gasteiger partial charge in [-0.05, 0) is 32.0 Å². The highest BCUT2D eigenvalue weighted by Gasteiger charge is 2.38. The van der Waals surface area contributed by atoms with Crippen LogP contribution in [0.15, 0.2) is 22.7 Å². The summed E-state index contributed by atoms with van der Waals surface area (Å²) < 4.78 is 0.854. The fourth-order valence-corrected chi connectivity index (χ4v) is 2.57. The summed E-state index contributed by atoms with van der Waals surface area (Å²) in [6.45, 7) is 5.01. The Bertz CT molecular complexity index is 500. The lowest BCUT2D eigenvalue weighted by molar-refractivity contribution is -0.126. The van der Waals surface area contributed by atoms with Gasteiger partial charge in [0.05, 0.1) is 0 Å². The molecule has 0 unspecified atom stereocenters. The van der Waals surface area contributed by atoms with Crippen molar-refractivity contribution in [1.29, 1.82) is 0 Å². The lowest BCUT2D eigenvalue weighted by Crippen LogP contribution is -2.62. The number of halogens is 1. The molecular formula is C13H15BrN2O2. The van der Waals surface area contributed by atoms with Gasteiger partial charge in [0.15, 0.2) is 6.29 Å². The van der Waals surface area contributed by atoms with E-state index in [4.69, 9.17) is 0 Å². The number of carbonyl (C=O) groups is 2. The molecule has 0 bridgehead atoms. The minimum absolute atomic E-state index is 0.0199. The number of anilines is 1. The predicted octanol–water partition coefficient (Wildman–Crippen LogP) is 1.98. The normalized spacial score (nSPS) is 18.4. The average Bonchev–Trinajstić information content (AvgIpc) is 2.33. The Hall–Kier alpha value is -1.36. The van der Waals surface area contributed by atoms with E-state index in [2.05, 4.69) is 21.2 Å². The summed E-state index contributed by atoms with van der Waals surface area (Å²) in [5, 5.41) is 2.84. The van der Waals surface area contributed by atoms with E-state index < -0.39 is 5.54 Å². The van der Waals surface area contributed by atoms with Gasteiger partial charge < -0.3 is 10.2 Å². The molecule has 0 atom stereocenters. The summed E-state index contributed by atoms with van der Waals surface area (Å²) >= 11 is 3.34. The molecule has 1 aromatic rings. The maximum Gasteiger partial charge on any atom is 0.245 e. The van der Waals surface area contributed by atoms with Gasteiger partial charge in [-0.3, -0.25) is 9.59 Å². The molecule has 1 aromatic carbocycles. The van der Waals surface area contributed by atoms with Gasteiger partial charge in [0.25, 0.3) is 0 Å². The Kier molecular flexibility index (Phi) is 3.43. The molecular weight excluding hydrogens is 296 g/mol. The van der Waals surface area contributed by atoms with Gasteiger partial charge in [-0.2, -0.15) is 0 Å². The van der Waals surface area contributed by atoms with Crippen LogP contribution >= 0.6 is 15.9 Å². The number of hydrogen-bond donors (Lipinski definition) is 1. The molecule has 0 aromatic heterocycles. The van der Waals surface area contributed by atoms with Crippen molar-refractivity contribution < 1.29 is 9.59 Å². The first kappa shape index (κ1) is 13.1. The fourth-order valence-electron chi connectivity index (χ4n) is 2.19. The minimum Gasteiger partial charge on any atom is -0.355 e. The Labute approximate surface area is 114 Å². The zero-order valence-electron chi connectivity index (χ0n) is 10.4. The molecule has 1 amide bonds. The quantitative estimate of drug-likeness (QED) is 0.850. The second-order valence-electron chi connectivity index (χ2n) is 4.79. The number of amides is 1. The summed E-state index contributed by atoms with van der Waals surface area (Å²) in [7, 11) is 0. The Morgan fingerprint density at radius 3 is 2.83 bits per heavy atom. The summed E-state index contributed by atoms with van der Waals surface area (Å²) in [5.74, 6) is -0.0199. The van der Waals surface area contributed by atoms with Crippen LogP contribution in [0.4, 0.5) is 5.69 Å². The van der Waals surface area contributed by atoms with Crippen molar-refractivity contribution in [1.82, 2.24) is 5.32 Å². The van der Waals surface area contributed by atoms with Crippen LogP contribution in [0.3, 0.4) is 0 Å². The Morgan fingerprint density at radius 1 is 1.44 bits per heavy atom. The van der Waals surface area contributed by atoms with Crippen molar-refractivity contribution in [2.24, 2.45) is 0 Å².